The third-order valence-electron chi connectivity index (χ3n) is 8.06. The average molecular weight is 546 g/mol. The van der Waals surface area contributed by atoms with Gasteiger partial charge >= 0.3 is 0 Å². The van der Waals surface area contributed by atoms with E-state index in [4.69, 9.17) is 0 Å². The van der Waals surface area contributed by atoms with E-state index in [2.05, 4.69) is 173 Å². The summed E-state index contributed by atoms with van der Waals surface area (Å²) in [6.07, 6.45) is 0. The van der Waals surface area contributed by atoms with Gasteiger partial charge in [0.05, 0.1) is 0 Å². The number of hydrogen-bond donors (Lipinski definition) is 1. The Morgan fingerprint density at radius 2 is 0.561 bits per heavy atom. The van der Waals surface area contributed by atoms with Gasteiger partial charge in [-0.25, -0.2) is 0 Å². The number of nitrogens with one attached hydrogen (secondary N) is 1. The van der Waals surface area contributed by atoms with Crippen LogP contribution in [0.4, 0.5) is 11.4 Å². The Bertz CT molecular complexity index is 1310. The first-order valence-electron chi connectivity index (χ1n) is 15.1. The Hall–Kier alpha value is -3.32. The molecule has 4 rings (SSSR count). The summed E-state index contributed by atoms with van der Waals surface area (Å²) in [5.74, 6) is 0. The molecule has 0 aliphatic rings. The SMILES string of the molecule is CC(C)(C)c1cc(-c2ccc(Nc3ccc(-c4cc(C(C)(C)C)cc(C(C)(C)C)c4)cc3)cc2)cc(C(C)(C)C)c1. The number of benzene rings is 4. The molecule has 1 nitrogen and oxygen atoms in total. The van der Waals surface area contributed by atoms with Crippen molar-refractivity contribution in [2.75, 3.05) is 5.32 Å². The van der Waals surface area contributed by atoms with Crippen LogP contribution in [0.5, 0.6) is 0 Å². The minimum absolute atomic E-state index is 0.103. The topological polar surface area (TPSA) is 12.0 Å². The van der Waals surface area contributed by atoms with E-state index in [9.17, 15) is 0 Å². The highest BCUT2D eigenvalue weighted by molar-refractivity contribution is 5.72. The molecule has 4 aromatic carbocycles. The van der Waals surface area contributed by atoms with Crippen molar-refractivity contribution < 1.29 is 0 Å². The third kappa shape index (κ3) is 7.50. The third-order valence-corrected chi connectivity index (χ3v) is 8.06. The number of anilines is 2. The van der Waals surface area contributed by atoms with Gasteiger partial charge in [-0.05, 0) is 90.4 Å². The van der Waals surface area contributed by atoms with Crippen molar-refractivity contribution in [3.63, 3.8) is 0 Å². The fourth-order valence-corrected chi connectivity index (χ4v) is 4.98. The summed E-state index contributed by atoms with van der Waals surface area (Å²) in [7, 11) is 0. The molecule has 0 heterocycles. The molecule has 41 heavy (non-hydrogen) atoms. The molecule has 1 N–H and O–H groups in total. The van der Waals surface area contributed by atoms with Crippen LogP contribution in [0.2, 0.25) is 0 Å². The van der Waals surface area contributed by atoms with E-state index < -0.39 is 0 Å². The first-order chi connectivity index (χ1) is 18.8. The second-order valence-electron chi connectivity index (χ2n) is 15.9. The van der Waals surface area contributed by atoms with Crippen LogP contribution in [0.25, 0.3) is 22.3 Å². The molecular weight excluding hydrogens is 494 g/mol. The lowest BCUT2D eigenvalue weighted by atomic mass is 9.79. The zero-order valence-corrected chi connectivity index (χ0v) is 27.6. The van der Waals surface area contributed by atoms with E-state index in [1.165, 1.54) is 44.5 Å². The van der Waals surface area contributed by atoms with Crippen LogP contribution >= 0.6 is 0 Å². The van der Waals surface area contributed by atoms with Crippen LogP contribution in [-0.2, 0) is 21.7 Å². The van der Waals surface area contributed by atoms with E-state index in [0.29, 0.717) is 0 Å². The fraction of sp³-hybridized carbons (Fsp3) is 0.400. The zero-order valence-electron chi connectivity index (χ0n) is 27.6. The maximum Gasteiger partial charge on any atom is 0.0384 e. The summed E-state index contributed by atoms with van der Waals surface area (Å²) in [5, 5.41) is 3.60. The molecule has 0 spiro atoms. The van der Waals surface area contributed by atoms with Crippen molar-refractivity contribution in [3.8, 4) is 22.3 Å². The Morgan fingerprint density at radius 1 is 0.317 bits per heavy atom. The van der Waals surface area contributed by atoms with Gasteiger partial charge in [-0.2, -0.15) is 0 Å². The van der Waals surface area contributed by atoms with Gasteiger partial charge in [0.1, 0.15) is 0 Å². The van der Waals surface area contributed by atoms with Crippen molar-refractivity contribution in [2.24, 2.45) is 0 Å². The Kier molecular flexibility index (Phi) is 8.09. The van der Waals surface area contributed by atoms with Crippen molar-refractivity contribution >= 4 is 11.4 Å². The quantitative estimate of drug-likeness (QED) is 0.269. The summed E-state index contributed by atoms with van der Waals surface area (Å²) in [6, 6.07) is 31.9. The molecule has 0 saturated carbocycles. The van der Waals surface area contributed by atoms with Gasteiger partial charge in [-0.3, -0.25) is 0 Å². The van der Waals surface area contributed by atoms with Gasteiger partial charge in [0.25, 0.3) is 0 Å². The van der Waals surface area contributed by atoms with Crippen LogP contribution < -0.4 is 5.32 Å². The summed E-state index contributed by atoms with van der Waals surface area (Å²) in [5.41, 5.74) is 13.2. The van der Waals surface area contributed by atoms with Crippen molar-refractivity contribution in [1.29, 1.82) is 0 Å². The molecule has 0 aromatic heterocycles. The van der Waals surface area contributed by atoms with Crippen molar-refractivity contribution in [2.45, 2.75) is 105 Å². The van der Waals surface area contributed by atoms with Crippen LogP contribution in [0.3, 0.4) is 0 Å². The van der Waals surface area contributed by atoms with Gasteiger partial charge in [-0.1, -0.05) is 144 Å². The van der Waals surface area contributed by atoms with E-state index in [-0.39, 0.29) is 21.7 Å². The highest BCUT2D eigenvalue weighted by atomic mass is 14.9. The minimum atomic E-state index is 0.103. The average Bonchev–Trinajstić information content (AvgIpc) is 2.87. The standard InChI is InChI=1S/C40H51N/c1-37(2,3)31-21-29(22-32(25-31)38(4,5)6)27-13-17-35(18-14-27)41-36-19-15-28(16-20-36)30-23-33(39(7,8)9)26-34(24-30)40(10,11)12/h13-26,41H,1-12H3. The van der Waals surface area contributed by atoms with Gasteiger partial charge in [0.2, 0.25) is 0 Å². The summed E-state index contributed by atoms with van der Waals surface area (Å²) in [6.45, 7) is 27.5. The number of rotatable bonds is 4. The van der Waals surface area contributed by atoms with E-state index in [1.54, 1.807) is 0 Å². The maximum atomic E-state index is 3.60. The molecule has 0 fully saturated rings. The Balaban J connectivity index is 1.58. The minimum Gasteiger partial charge on any atom is -0.356 e. The second-order valence-corrected chi connectivity index (χ2v) is 15.9. The summed E-state index contributed by atoms with van der Waals surface area (Å²) in [4.78, 5) is 0. The molecule has 0 radical (unpaired) electrons. The van der Waals surface area contributed by atoms with E-state index >= 15 is 0 Å². The molecule has 0 unspecified atom stereocenters. The molecule has 216 valence electrons. The largest absolute Gasteiger partial charge is 0.356 e. The lowest BCUT2D eigenvalue weighted by Gasteiger charge is -2.26. The maximum absolute atomic E-state index is 3.60. The Labute approximate surface area is 250 Å². The second kappa shape index (κ2) is 10.8. The van der Waals surface area contributed by atoms with Crippen molar-refractivity contribution in [1.82, 2.24) is 0 Å². The van der Waals surface area contributed by atoms with Gasteiger partial charge in [-0.15, -0.1) is 0 Å². The molecule has 0 amide bonds. The van der Waals surface area contributed by atoms with Crippen LogP contribution in [0, 0.1) is 0 Å². The van der Waals surface area contributed by atoms with E-state index in [0.717, 1.165) is 11.4 Å². The van der Waals surface area contributed by atoms with Crippen LogP contribution in [0.15, 0.2) is 84.9 Å². The van der Waals surface area contributed by atoms with Crippen LogP contribution in [-0.4, -0.2) is 0 Å². The normalized spacial score (nSPS) is 12.9. The molecule has 4 aromatic rings. The highest BCUT2D eigenvalue weighted by Gasteiger charge is 2.22. The Morgan fingerprint density at radius 3 is 0.780 bits per heavy atom. The lowest BCUT2D eigenvalue weighted by Crippen LogP contribution is -2.16. The molecule has 1 heteroatoms. The van der Waals surface area contributed by atoms with E-state index in [1.807, 2.05) is 0 Å². The van der Waals surface area contributed by atoms with Gasteiger partial charge in [0, 0.05) is 11.4 Å². The van der Waals surface area contributed by atoms with Crippen molar-refractivity contribution in [3.05, 3.63) is 107 Å². The molecule has 0 aliphatic carbocycles. The monoisotopic (exact) mass is 545 g/mol. The summed E-state index contributed by atoms with van der Waals surface area (Å²) >= 11 is 0. The first-order valence-corrected chi connectivity index (χ1v) is 15.1. The number of hydrogen-bond acceptors (Lipinski definition) is 1. The fourth-order valence-electron chi connectivity index (χ4n) is 4.98. The van der Waals surface area contributed by atoms with Gasteiger partial charge < -0.3 is 5.32 Å². The molecule has 0 aliphatic heterocycles. The predicted molar refractivity (Wildman–Crippen MR) is 182 cm³/mol. The lowest BCUT2D eigenvalue weighted by molar-refractivity contribution is 0.568. The molecule has 0 atom stereocenters. The zero-order chi connectivity index (χ0) is 30.4. The van der Waals surface area contributed by atoms with Gasteiger partial charge in [0.15, 0.2) is 0 Å². The molecule has 0 saturated heterocycles. The summed E-state index contributed by atoms with van der Waals surface area (Å²) < 4.78 is 0. The molecular formula is C40H51N. The van der Waals surface area contributed by atoms with Crippen LogP contribution in [0.1, 0.15) is 105 Å². The molecule has 0 bridgehead atoms. The smallest absolute Gasteiger partial charge is 0.0384 e. The predicted octanol–water partition coefficient (Wildman–Crippen LogP) is 12.0. The first kappa shape index (κ1) is 30.6. The highest BCUT2D eigenvalue weighted by Crippen LogP contribution is 2.36.